The monoisotopic (exact) mass is 376 g/mol. The quantitative estimate of drug-likeness (QED) is 0.604. The number of hydrogen-bond acceptors (Lipinski definition) is 4. The average molecular weight is 376 g/mol. The number of benzene rings is 1. The Morgan fingerprint density at radius 1 is 1.25 bits per heavy atom. The normalized spacial score (nSPS) is 17.9. The molecule has 0 saturated heterocycles. The molecule has 28 heavy (non-hydrogen) atoms. The molecule has 1 N–H and O–H groups in total. The van der Waals surface area contributed by atoms with Gasteiger partial charge in [-0.2, -0.15) is 0 Å². The number of carbonyl (C=O) groups excluding carboxylic acids is 1. The van der Waals surface area contributed by atoms with Gasteiger partial charge in [0.2, 0.25) is 5.91 Å². The molecule has 2 atom stereocenters. The summed E-state index contributed by atoms with van der Waals surface area (Å²) in [6.45, 7) is 2.67. The van der Waals surface area contributed by atoms with Crippen LogP contribution in [0.25, 0.3) is 0 Å². The Hall–Kier alpha value is -3.08. The number of nitrogens with zero attached hydrogens (tertiary/aromatic N) is 1. The molecule has 0 radical (unpaired) electrons. The van der Waals surface area contributed by atoms with E-state index in [1.54, 1.807) is 12.4 Å². The Balaban J connectivity index is 1.26. The summed E-state index contributed by atoms with van der Waals surface area (Å²) in [7, 11) is 0. The van der Waals surface area contributed by atoms with Crippen LogP contribution >= 0.6 is 0 Å². The van der Waals surface area contributed by atoms with E-state index in [-0.39, 0.29) is 5.91 Å². The lowest BCUT2D eigenvalue weighted by Crippen LogP contribution is -2.12. The van der Waals surface area contributed by atoms with Gasteiger partial charge in [0.25, 0.3) is 0 Å². The number of furan rings is 1. The number of carbonyl (C=O) groups is 1. The summed E-state index contributed by atoms with van der Waals surface area (Å²) in [6, 6.07) is 15.3. The van der Waals surface area contributed by atoms with E-state index >= 15 is 0 Å². The lowest BCUT2D eigenvalue weighted by molar-refractivity contribution is -0.116. The molecule has 2 unspecified atom stereocenters. The Kier molecular flexibility index (Phi) is 5.42. The van der Waals surface area contributed by atoms with Crippen LogP contribution in [0.2, 0.25) is 0 Å². The number of aryl methyl sites for hydroxylation is 1. The van der Waals surface area contributed by atoms with E-state index in [1.165, 1.54) is 6.42 Å². The first-order chi connectivity index (χ1) is 13.7. The van der Waals surface area contributed by atoms with Crippen molar-refractivity contribution < 1.29 is 13.9 Å². The summed E-state index contributed by atoms with van der Waals surface area (Å²) >= 11 is 0. The summed E-state index contributed by atoms with van der Waals surface area (Å²) < 4.78 is 11.6. The van der Waals surface area contributed by atoms with Crippen molar-refractivity contribution in [2.45, 2.75) is 38.7 Å². The van der Waals surface area contributed by atoms with Crippen molar-refractivity contribution in [3.63, 3.8) is 0 Å². The molecule has 2 aromatic heterocycles. The molecule has 5 nitrogen and oxygen atoms in total. The van der Waals surface area contributed by atoms with Gasteiger partial charge in [-0.3, -0.25) is 9.78 Å². The van der Waals surface area contributed by atoms with Gasteiger partial charge in [-0.25, -0.2) is 0 Å². The third kappa shape index (κ3) is 4.80. The number of anilines is 1. The Morgan fingerprint density at radius 3 is 2.93 bits per heavy atom. The predicted octanol–water partition coefficient (Wildman–Crippen LogP) is 4.95. The zero-order valence-corrected chi connectivity index (χ0v) is 15.9. The van der Waals surface area contributed by atoms with Crippen molar-refractivity contribution in [3.05, 3.63) is 78.0 Å². The maximum atomic E-state index is 12.3. The minimum absolute atomic E-state index is 0.0397. The highest BCUT2D eigenvalue weighted by Crippen LogP contribution is 2.47. The van der Waals surface area contributed by atoms with E-state index in [2.05, 4.69) is 17.2 Å². The highest BCUT2D eigenvalue weighted by Gasteiger charge is 2.36. The SMILES string of the molecule is CC1CC1c1ccc(CCC(=O)Nc2cccc(OCc3cccnc3)c2)o1. The molecule has 0 spiro atoms. The molecule has 4 rings (SSSR count). The molecule has 1 aliphatic carbocycles. The smallest absolute Gasteiger partial charge is 0.224 e. The molecule has 1 aromatic carbocycles. The van der Waals surface area contributed by atoms with Crippen LogP contribution in [0.15, 0.2) is 65.3 Å². The van der Waals surface area contributed by atoms with Gasteiger partial charge in [-0.05, 0) is 42.7 Å². The highest BCUT2D eigenvalue weighted by molar-refractivity contribution is 5.90. The first-order valence-corrected chi connectivity index (χ1v) is 9.67. The fourth-order valence-corrected chi connectivity index (χ4v) is 3.22. The average Bonchev–Trinajstić information content (AvgIpc) is 3.25. The molecule has 5 heteroatoms. The zero-order chi connectivity index (χ0) is 19.3. The second-order valence-electron chi connectivity index (χ2n) is 7.35. The lowest BCUT2D eigenvalue weighted by atomic mass is 10.2. The van der Waals surface area contributed by atoms with Crippen LogP contribution in [0.4, 0.5) is 5.69 Å². The molecule has 144 valence electrons. The standard InChI is InChI=1S/C23H24N2O3/c1-16-12-21(16)22-9-7-19(28-22)8-10-23(26)25-18-5-2-6-20(13-18)27-15-17-4-3-11-24-14-17/h2-7,9,11,13-14,16,21H,8,10,12,15H2,1H3,(H,25,26). The minimum Gasteiger partial charge on any atom is -0.489 e. The number of aromatic nitrogens is 1. The van der Waals surface area contributed by atoms with Gasteiger partial charge in [-0.1, -0.05) is 19.1 Å². The van der Waals surface area contributed by atoms with Crippen LogP contribution in [0, 0.1) is 5.92 Å². The van der Waals surface area contributed by atoms with E-state index in [1.807, 2.05) is 48.5 Å². The van der Waals surface area contributed by atoms with E-state index < -0.39 is 0 Å². The summed E-state index contributed by atoms with van der Waals surface area (Å²) in [6.07, 6.45) is 5.69. The number of pyridine rings is 1. The van der Waals surface area contributed by atoms with Gasteiger partial charge in [0.15, 0.2) is 0 Å². The minimum atomic E-state index is -0.0397. The summed E-state index contributed by atoms with van der Waals surface area (Å²) in [5.41, 5.74) is 1.72. The van der Waals surface area contributed by atoms with Crippen molar-refractivity contribution in [1.29, 1.82) is 0 Å². The van der Waals surface area contributed by atoms with Crippen molar-refractivity contribution in [2.24, 2.45) is 5.92 Å². The number of ether oxygens (including phenoxy) is 1. The molecule has 1 fully saturated rings. The van der Waals surface area contributed by atoms with Gasteiger partial charge >= 0.3 is 0 Å². The van der Waals surface area contributed by atoms with E-state index in [9.17, 15) is 4.79 Å². The Bertz CT molecular complexity index is 936. The lowest BCUT2D eigenvalue weighted by Gasteiger charge is -2.09. The Labute approximate surface area is 164 Å². The van der Waals surface area contributed by atoms with Gasteiger partial charge in [0.1, 0.15) is 23.9 Å². The van der Waals surface area contributed by atoms with E-state index in [0.717, 1.165) is 28.7 Å². The molecule has 1 aliphatic rings. The summed E-state index contributed by atoms with van der Waals surface area (Å²) in [4.78, 5) is 16.4. The van der Waals surface area contributed by atoms with Crippen molar-refractivity contribution in [1.82, 2.24) is 4.98 Å². The van der Waals surface area contributed by atoms with Gasteiger partial charge in [0, 0.05) is 48.5 Å². The van der Waals surface area contributed by atoms with Crippen LogP contribution in [0.1, 0.15) is 42.8 Å². The molecular weight excluding hydrogens is 352 g/mol. The Morgan fingerprint density at radius 2 is 2.14 bits per heavy atom. The van der Waals surface area contributed by atoms with E-state index in [0.29, 0.717) is 31.1 Å². The largest absolute Gasteiger partial charge is 0.489 e. The number of nitrogens with one attached hydrogen (secondary N) is 1. The van der Waals surface area contributed by atoms with Crippen LogP contribution in [0.3, 0.4) is 0 Å². The number of amides is 1. The maximum Gasteiger partial charge on any atom is 0.224 e. The molecule has 3 aromatic rings. The molecule has 2 heterocycles. The topological polar surface area (TPSA) is 64.4 Å². The van der Waals surface area contributed by atoms with Crippen molar-refractivity contribution in [3.8, 4) is 5.75 Å². The van der Waals surface area contributed by atoms with Crippen molar-refractivity contribution >= 4 is 11.6 Å². The fraction of sp³-hybridized carbons (Fsp3) is 0.304. The molecule has 0 bridgehead atoms. The van der Waals surface area contributed by atoms with Gasteiger partial charge in [0.05, 0.1) is 0 Å². The third-order valence-electron chi connectivity index (χ3n) is 5.00. The summed E-state index contributed by atoms with van der Waals surface area (Å²) in [5.74, 6) is 3.88. The van der Waals surface area contributed by atoms with E-state index in [4.69, 9.17) is 9.15 Å². The van der Waals surface area contributed by atoms with Crippen LogP contribution < -0.4 is 10.1 Å². The molecule has 1 amide bonds. The second-order valence-corrected chi connectivity index (χ2v) is 7.35. The van der Waals surface area contributed by atoms with Crippen molar-refractivity contribution in [2.75, 3.05) is 5.32 Å². The summed E-state index contributed by atoms with van der Waals surface area (Å²) in [5, 5.41) is 2.93. The third-order valence-corrected chi connectivity index (χ3v) is 5.00. The van der Waals surface area contributed by atoms with Crippen LogP contribution in [-0.4, -0.2) is 10.9 Å². The first kappa shape index (κ1) is 18.3. The highest BCUT2D eigenvalue weighted by atomic mass is 16.5. The number of rotatable bonds is 8. The van der Waals surface area contributed by atoms with Gasteiger partial charge in [-0.15, -0.1) is 0 Å². The fourth-order valence-electron chi connectivity index (χ4n) is 3.22. The van der Waals surface area contributed by atoms with Crippen LogP contribution in [0.5, 0.6) is 5.75 Å². The molecule has 0 aliphatic heterocycles. The number of hydrogen-bond donors (Lipinski definition) is 1. The van der Waals surface area contributed by atoms with Crippen LogP contribution in [-0.2, 0) is 17.8 Å². The predicted molar refractivity (Wildman–Crippen MR) is 107 cm³/mol. The first-order valence-electron chi connectivity index (χ1n) is 9.67. The van der Waals surface area contributed by atoms with Gasteiger partial charge < -0.3 is 14.5 Å². The molecule has 1 saturated carbocycles. The maximum absolute atomic E-state index is 12.3. The zero-order valence-electron chi connectivity index (χ0n) is 15.9. The molecular formula is C23H24N2O3. The second kappa shape index (κ2) is 8.30.